The molecule has 0 aliphatic heterocycles. The van der Waals surface area contributed by atoms with Crippen LogP contribution in [0.25, 0.3) is 6.08 Å². The molecule has 1 aliphatic rings. The van der Waals surface area contributed by atoms with Gasteiger partial charge in [0.1, 0.15) is 6.10 Å². The van der Waals surface area contributed by atoms with Crippen LogP contribution in [0.5, 0.6) is 11.5 Å². The lowest BCUT2D eigenvalue weighted by molar-refractivity contribution is -0.154. The summed E-state index contributed by atoms with van der Waals surface area (Å²) < 4.78 is 10.4. The maximum atomic E-state index is 11.9. The molecular weight excluding hydrogens is 312 g/mol. The molecule has 130 valence electrons. The van der Waals surface area contributed by atoms with E-state index in [1.54, 1.807) is 25.1 Å². The summed E-state index contributed by atoms with van der Waals surface area (Å²) in [5.74, 6) is -0.911. The minimum Gasteiger partial charge on any atom is -0.504 e. The van der Waals surface area contributed by atoms with Crippen molar-refractivity contribution in [1.82, 2.24) is 0 Å². The maximum absolute atomic E-state index is 11.9. The van der Waals surface area contributed by atoms with Crippen LogP contribution in [0.1, 0.15) is 38.2 Å². The fourth-order valence-corrected chi connectivity index (χ4v) is 2.73. The van der Waals surface area contributed by atoms with E-state index in [1.807, 2.05) is 0 Å². The molecular formula is C18H22O6. The Morgan fingerprint density at radius 1 is 1.29 bits per heavy atom. The highest BCUT2D eigenvalue weighted by Gasteiger charge is 2.38. The van der Waals surface area contributed by atoms with Crippen LogP contribution >= 0.6 is 0 Å². The number of carbonyl (C=O) groups is 2. The number of ether oxygens (including phenoxy) is 2. The summed E-state index contributed by atoms with van der Waals surface area (Å²) in [6, 6.07) is 4.75. The van der Waals surface area contributed by atoms with Gasteiger partial charge in [-0.1, -0.05) is 6.07 Å². The molecule has 1 aromatic rings. The van der Waals surface area contributed by atoms with E-state index < -0.39 is 17.4 Å². The predicted molar refractivity (Wildman–Crippen MR) is 87.8 cm³/mol. The van der Waals surface area contributed by atoms with E-state index in [-0.39, 0.29) is 11.9 Å². The summed E-state index contributed by atoms with van der Waals surface area (Å²) in [5, 5.41) is 18.7. The molecule has 1 aliphatic carbocycles. The molecule has 0 bridgehead atoms. The normalized spacial score (nSPS) is 23.8. The van der Waals surface area contributed by atoms with Crippen LogP contribution in [-0.4, -0.2) is 35.4 Å². The van der Waals surface area contributed by atoms with E-state index in [1.165, 1.54) is 19.3 Å². The van der Waals surface area contributed by atoms with Gasteiger partial charge >= 0.3 is 11.9 Å². The second-order valence-electron chi connectivity index (χ2n) is 6.27. The number of rotatable bonds is 5. The first-order chi connectivity index (χ1) is 11.3. The molecule has 24 heavy (non-hydrogen) atoms. The summed E-state index contributed by atoms with van der Waals surface area (Å²) in [7, 11) is 1.45. The molecule has 1 fully saturated rings. The number of hydrogen-bond acceptors (Lipinski definition) is 5. The van der Waals surface area contributed by atoms with Crippen molar-refractivity contribution in [2.45, 2.75) is 38.7 Å². The first-order valence-corrected chi connectivity index (χ1v) is 7.83. The Labute approximate surface area is 140 Å². The van der Waals surface area contributed by atoms with Crippen LogP contribution in [0.15, 0.2) is 24.3 Å². The second kappa shape index (κ2) is 7.38. The number of hydrogen-bond donors (Lipinski definition) is 2. The Kier molecular flexibility index (Phi) is 5.49. The minimum atomic E-state index is -0.798. The van der Waals surface area contributed by atoms with Gasteiger partial charge in [-0.05, 0) is 56.4 Å². The Balaban J connectivity index is 1.89. The first kappa shape index (κ1) is 17.8. The molecule has 0 aromatic heterocycles. The number of benzene rings is 1. The molecule has 0 spiro atoms. The summed E-state index contributed by atoms with van der Waals surface area (Å²) in [5.41, 5.74) is -0.0230. The van der Waals surface area contributed by atoms with Gasteiger partial charge in [0.2, 0.25) is 0 Å². The highest BCUT2D eigenvalue weighted by atomic mass is 16.5. The third-order valence-corrected chi connectivity index (χ3v) is 4.45. The van der Waals surface area contributed by atoms with Gasteiger partial charge < -0.3 is 19.7 Å². The van der Waals surface area contributed by atoms with Crippen LogP contribution in [0.3, 0.4) is 0 Å². The number of aliphatic carboxylic acids is 1. The van der Waals surface area contributed by atoms with Crippen LogP contribution in [0, 0.1) is 5.41 Å². The minimum absolute atomic E-state index is 0.0286. The highest BCUT2D eigenvalue weighted by molar-refractivity contribution is 5.87. The van der Waals surface area contributed by atoms with Gasteiger partial charge in [-0.15, -0.1) is 0 Å². The average Bonchev–Trinajstić information content (AvgIpc) is 2.56. The Bertz CT molecular complexity index is 641. The molecule has 0 saturated heterocycles. The zero-order valence-corrected chi connectivity index (χ0v) is 13.8. The van der Waals surface area contributed by atoms with Gasteiger partial charge in [-0.3, -0.25) is 4.79 Å². The van der Waals surface area contributed by atoms with E-state index in [0.29, 0.717) is 37.0 Å². The largest absolute Gasteiger partial charge is 0.504 e. The molecule has 0 unspecified atom stereocenters. The Hall–Kier alpha value is -2.50. The molecule has 2 rings (SSSR count). The van der Waals surface area contributed by atoms with Crippen LogP contribution < -0.4 is 4.74 Å². The lowest BCUT2D eigenvalue weighted by atomic mass is 9.75. The van der Waals surface area contributed by atoms with Crippen molar-refractivity contribution < 1.29 is 29.3 Å². The van der Waals surface area contributed by atoms with Crippen LogP contribution in [0.2, 0.25) is 0 Å². The molecule has 6 heteroatoms. The number of esters is 1. The van der Waals surface area contributed by atoms with Crippen molar-refractivity contribution in [3.05, 3.63) is 29.8 Å². The quantitative estimate of drug-likeness (QED) is 0.635. The maximum Gasteiger partial charge on any atom is 0.331 e. The van der Waals surface area contributed by atoms with E-state index in [2.05, 4.69) is 0 Å². The number of phenolic OH excluding ortho intramolecular Hbond substituents is 1. The van der Waals surface area contributed by atoms with E-state index >= 15 is 0 Å². The van der Waals surface area contributed by atoms with Crippen molar-refractivity contribution in [3.63, 3.8) is 0 Å². The summed E-state index contributed by atoms with van der Waals surface area (Å²) >= 11 is 0. The van der Waals surface area contributed by atoms with Gasteiger partial charge in [-0.2, -0.15) is 0 Å². The van der Waals surface area contributed by atoms with Gasteiger partial charge in [0.25, 0.3) is 0 Å². The smallest absolute Gasteiger partial charge is 0.331 e. The molecule has 1 saturated carbocycles. The molecule has 0 radical (unpaired) electrons. The molecule has 6 nitrogen and oxygen atoms in total. The third-order valence-electron chi connectivity index (χ3n) is 4.45. The zero-order valence-electron chi connectivity index (χ0n) is 13.8. The monoisotopic (exact) mass is 334 g/mol. The van der Waals surface area contributed by atoms with E-state index in [0.717, 1.165) is 0 Å². The lowest BCUT2D eigenvalue weighted by Gasteiger charge is -2.33. The molecule has 1 aromatic carbocycles. The SMILES string of the molecule is COc1cc(/C=C/C(=O)O[C@H]2CC[C@](C)(C(=O)O)CC2)ccc1O. The summed E-state index contributed by atoms with van der Waals surface area (Å²) in [6.07, 6.45) is 4.75. The van der Waals surface area contributed by atoms with Gasteiger partial charge in [0, 0.05) is 6.08 Å². The number of carboxylic acid groups (broad SMARTS) is 1. The molecule has 0 atom stereocenters. The topological polar surface area (TPSA) is 93.1 Å². The van der Waals surface area contributed by atoms with Gasteiger partial charge in [0.05, 0.1) is 12.5 Å². The summed E-state index contributed by atoms with van der Waals surface area (Å²) in [4.78, 5) is 23.1. The first-order valence-electron chi connectivity index (χ1n) is 7.83. The van der Waals surface area contributed by atoms with Crippen LogP contribution in [0.4, 0.5) is 0 Å². The molecule has 2 N–H and O–H groups in total. The van der Waals surface area contributed by atoms with Gasteiger partial charge in [-0.25, -0.2) is 4.79 Å². The standard InChI is InChI=1S/C18H22O6/c1-18(17(21)22)9-7-13(8-10-18)24-16(20)6-4-12-3-5-14(19)15(11-12)23-2/h3-6,11,13,19H,7-10H2,1-2H3,(H,21,22)/b6-4+/t13-,18-. The fourth-order valence-electron chi connectivity index (χ4n) is 2.73. The predicted octanol–water partition coefficient (Wildman–Crippen LogP) is 2.99. The number of carboxylic acids is 1. The molecule has 0 amide bonds. The van der Waals surface area contributed by atoms with Crippen molar-refractivity contribution in [1.29, 1.82) is 0 Å². The van der Waals surface area contributed by atoms with Crippen molar-refractivity contribution >= 4 is 18.0 Å². The van der Waals surface area contributed by atoms with E-state index in [9.17, 15) is 19.8 Å². The molecule has 0 heterocycles. The van der Waals surface area contributed by atoms with Crippen molar-refractivity contribution in [2.24, 2.45) is 5.41 Å². The number of phenols is 1. The Morgan fingerprint density at radius 2 is 1.96 bits per heavy atom. The number of carbonyl (C=O) groups excluding carboxylic acids is 1. The lowest BCUT2D eigenvalue weighted by Crippen LogP contribution is -2.35. The number of methoxy groups -OCH3 is 1. The third kappa shape index (κ3) is 4.28. The van der Waals surface area contributed by atoms with Crippen LogP contribution in [-0.2, 0) is 14.3 Å². The number of aromatic hydroxyl groups is 1. The zero-order chi connectivity index (χ0) is 17.7. The van der Waals surface area contributed by atoms with Gasteiger partial charge in [0.15, 0.2) is 11.5 Å². The van der Waals surface area contributed by atoms with Crippen molar-refractivity contribution in [3.8, 4) is 11.5 Å². The Morgan fingerprint density at radius 3 is 2.54 bits per heavy atom. The second-order valence-corrected chi connectivity index (χ2v) is 6.27. The summed E-state index contributed by atoms with van der Waals surface area (Å²) in [6.45, 7) is 1.73. The average molecular weight is 334 g/mol. The fraction of sp³-hybridized carbons (Fsp3) is 0.444. The van der Waals surface area contributed by atoms with Crippen molar-refractivity contribution in [2.75, 3.05) is 7.11 Å². The van der Waals surface area contributed by atoms with E-state index in [4.69, 9.17) is 9.47 Å². The highest BCUT2D eigenvalue weighted by Crippen LogP contribution is 2.37.